The summed E-state index contributed by atoms with van der Waals surface area (Å²) in [4.78, 5) is 16.7. The number of amides is 1. The average molecular weight is 430 g/mol. The third-order valence-corrected chi connectivity index (χ3v) is 5.12. The highest BCUT2D eigenvalue weighted by Gasteiger charge is 2.16. The first-order chi connectivity index (χ1) is 12.3. The maximum Gasteiger partial charge on any atom is 0.231 e. The molecule has 9 heteroatoms. The lowest BCUT2D eigenvalue weighted by Crippen LogP contribution is -2.30. The number of halogens is 2. The van der Waals surface area contributed by atoms with Gasteiger partial charge in [-0.1, -0.05) is 11.6 Å². The quantitative estimate of drug-likeness (QED) is 0.714. The molecule has 0 saturated heterocycles. The van der Waals surface area contributed by atoms with Crippen molar-refractivity contribution in [2.45, 2.75) is 12.8 Å². The summed E-state index contributed by atoms with van der Waals surface area (Å²) < 4.78 is 10.7. The molecule has 27 heavy (non-hydrogen) atoms. The molecule has 1 aromatic heterocycles. The molecule has 0 unspecified atom stereocenters. The van der Waals surface area contributed by atoms with Crippen molar-refractivity contribution in [2.75, 3.05) is 26.4 Å². The van der Waals surface area contributed by atoms with Gasteiger partial charge in [-0.2, -0.15) is 0 Å². The second-order valence-electron chi connectivity index (χ2n) is 5.98. The fourth-order valence-corrected chi connectivity index (χ4v) is 3.64. The van der Waals surface area contributed by atoms with Crippen molar-refractivity contribution in [3.05, 3.63) is 40.9 Å². The van der Waals surface area contributed by atoms with Crippen molar-refractivity contribution in [3.63, 3.8) is 0 Å². The van der Waals surface area contributed by atoms with Crippen LogP contribution in [0.1, 0.15) is 12.1 Å². The molecule has 6 nitrogen and oxygen atoms in total. The van der Waals surface area contributed by atoms with Crippen LogP contribution in [-0.2, 0) is 11.2 Å². The van der Waals surface area contributed by atoms with E-state index in [1.54, 1.807) is 0 Å². The fourth-order valence-electron chi connectivity index (χ4n) is 2.82. The highest BCUT2D eigenvalue weighted by molar-refractivity contribution is 7.13. The summed E-state index contributed by atoms with van der Waals surface area (Å²) in [6, 6.07) is 5.77. The third kappa shape index (κ3) is 5.35. The van der Waals surface area contributed by atoms with Gasteiger partial charge in [0.1, 0.15) is 5.01 Å². The van der Waals surface area contributed by atoms with E-state index in [9.17, 15) is 4.79 Å². The summed E-state index contributed by atoms with van der Waals surface area (Å²) >= 11 is 1.53. The van der Waals surface area contributed by atoms with Gasteiger partial charge in [-0.25, -0.2) is 4.98 Å². The topological polar surface area (TPSA) is 72.5 Å². The molecule has 0 radical (unpaired) electrons. The molecule has 0 fully saturated rings. The van der Waals surface area contributed by atoms with Crippen molar-refractivity contribution in [1.82, 2.24) is 15.6 Å². The van der Waals surface area contributed by atoms with E-state index in [4.69, 9.17) is 9.47 Å². The van der Waals surface area contributed by atoms with Gasteiger partial charge >= 0.3 is 0 Å². The van der Waals surface area contributed by atoms with Crippen LogP contribution in [0.15, 0.2) is 35.2 Å². The zero-order valence-corrected chi connectivity index (χ0v) is 17.0. The maximum atomic E-state index is 12.1. The molecule has 2 N–H and O–H groups in total. The molecule has 2 aliphatic rings. The smallest absolute Gasteiger partial charge is 0.231 e. The third-order valence-electron chi connectivity index (χ3n) is 4.18. The molecule has 1 aromatic carbocycles. The Balaban J connectivity index is 0.00000131. The number of carbonyl (C=O) groups excluding carboxylic acids is 1. The lowest BCUT2D eigenvalue weighted by atomic mass is 10.1. The van der Waals surface area contributed by atoms with Crippen LogP contribution in [0.25, 0.3) is 10.6 Å². The molecule has 2 aliphatic heterocycles. The Morgan fingerprint density at radius 3 is 2.93 bits per heavy atom. The Kier molecular flexibility index (Phi) is 7.91. The van der Waals surface area contributed by atoms with Crippen molar-refractivity contribution >= 4 is 42.1 Å². The highest BCUT2D eigenvalue weighted by atomic mass is 35.5. The normalized spacial score (nSPS) is 14.6. The summed E-state index contributed by atoms with van der Waals surface area (Å²) in [6.07, 6.45) is 3.43. The summed E-state index contributed by atoms with van der Waals surface area (Å²) in [5.41, 5.74) is 3.04. The van der Waals surface area contributed by atoms with Crippen LogP contribution < -0.4 is 20.1 Å². The summed E-state index contributed by atoms with van der Waals surface area (Å²) in [5.74, 6) is 1.50. The second-order valence-corrected chi connectivity index (χ2v) is 6.84. The highest BCUT2D eigenvalue weighted by Crippen LogP contribution is 2.36. The van der Waals surface area contributed by atoms with Gasteiger partial charge < -0.3 is 20.1 Å². The molecule has 2 aromatic rings. The van der Waals surface area contributed by atoms with E-state index in [2.05, 4.69) is 21.7 Å². The molecule has 4 rings (SSSR count). The van der Waals surface area contributed by atoms with E-state index in [1.165, 1.54) is 16.9 Å². The molecule has 3 heterocycles. The minimum atomic E-state index is 0. The molecule has 0 saturated carbocycles. The number of nitrogens with zero attached hydrogens (tertiary/aromatic N) is 1. The van der Waals surface area contributed by atoms with Crippen LogP contribution in [0, 0.1) is 0 Å². The number of thiazole rings is 1. The number of fused-ring (bicyclic) bond motifs is 1. The van der Waals surface area contributed by atoms with Gasteiger partial charge in [-0.15, -0.1) is 36.2 Å². The van der Waals surface area contributed by atoms with Crippen LogP contribution in [-0.4, -0.2) is 37.3 Å². The van der Waals surface area contributed by atoms with E-state index in [0.29, 0.717) is 13.0 Å². The van der Waals surface area contributed by atoms with Crippen molar-refractivity contribution in [2.24, 2.45) is 0 Å². The minimum Gasteiger partial charge on any atom is -0.454 e. The Labute approximate surface area is 174 Å². The molecule has 0 atom stereocenters. The van der Waals surface area contributed by atoms with Gasteiger partial charge in [0, 0.05) is 24.0 Å². The van der Waals surface area contributed by atoms with Crippen LogP contribution in [0.5, 0.6) is 11.5 Å². The number of ether oxygens (including phenoxy) is 2. The van der Waals surface area contributed by atoms with Crippen LogP contribution >= 0.6 is 36.2 Å². The fraction of sp³-hybridized carbons (Fsp3) is 0.333. The predicted octanol–water partition coefficient (Wildman–Crippen LogP) is 2.96. The van der Waals surface area contributed by atoms with Crippen molar-refractivity contribution in [3.8, 4) is 22.1 Å². The molecular formula is C18H21Cl2N3O3S. The summed E-state index contributed by atoms with van der Waals surface area (Å²) in [6.45, 7) is 2.75. The Hall–Kier alpha value is -1.80. The van der Waals surface area contributed by atoms with Gasteiger partial charge in [-0.05, 0) is 31.2 Å². The van der Waals surface area contributed by atoms with Gasteiger partial charge in [-0.3, -0.25) is 4.79 Å². The molecule has 146 valence electrons. The van der Waals surface area contributed by atoms with E-state index in [0.717, 1.165) is 47.3 Å². The lowest BCUT2D eigenvalue weighted by Gasteiger charge is -2.14. The minimum absolute atomic E-state index is 0. The lowest BCUT2D eigenvalue weighted by molar-refractivity contribution is -0.120. The first kappa shape index (κ1) is 21.5. The van der Waals surface area contributed by atoms with E-state index in [-0.39, 0.29) is 37.5 Å². The van der Waals surface area contributed by atoms with Crippen LogP contribution in [0.2, 0.25) is 0 Å². The second kappa shape index (κ2) is 9.94. The number of rotatable bonds is 5. The molecule has 0 aliphatic carbocycles. The number of aromatic nitrogens is 1. The number of hydrogen-bond donors (Lipinski definition) is 2. The molecule has 0 spiro atoms. The predicted molar refractivity (Wildman–Crippen MR) is 110 cm³/mol. The number of nitrogens with one attached hydrogen (secondary N) is 2. The number of carbonyl (C=O) groups is 1. The molecule has 0 bridgehead atoms. The first-order valence-electron chi connectivity index (χ1n) is 8.28. The zero-order valence-electron chi connectivity index (χ0n) is 14.5. The number of hydrogen-bond acceptors (Lipinski definition) is 6. The first-order valence-corrected chi connectivity index (χ1v) is 9.15. The Morgan fingerprint density at radius 2 is 2.11 bits per heavy atom. The molecule has 1 amide bonds. The van der Waals surface area contributed by atoms with Gasteiger partial charge in [0.05, 0.1) is 12.1 Å². The number of benzene rings is 1. The van der Waals surface area contributed by atoms with E-state index in [1.807, 2.05) is 23.6 Å². The largest absolute Gasteiger partial charge is 0.454 e. The van der Waals surface area contributed by atoms with Crippen LogP contribution in [0.4, 0.5) is 0 Å². The van der Waals surface area contributed by atoms with Gasteiger partial charge in [0.25, 0.3) is 0 Å². The SMILES string of the molecule is Cl.Cl.O=C(Cc1csc(-c2ccc3c(c2)OCO3)n1)NCC1=CCNCC1. The summed E-state index contributed by atoms with van der Waals surface area (Å²) in [7, 11) is 0. The van der Waals surface area contributed by atoms with E-state index < -0.39 is 0 Å². The molecular weight excluding hydrogens is 409 g/mol. The zero-order chi connectivity index (χ0) is 17.1. The summed E-state index contributed by atoms with van der Waals surface area (Å²) in [5, 5.41) is 9.05. The van der Waals surface area contributed by atoms with Gasteiger partial charge in [0.15, 0.2) is 11.5 Å². The monoisotopic (exact) mass is 429 g/mol. The standard InChI is InChI=1S/C18H19N3O3S.2ClH/c22-17(20-9-12-3-5-19-6-4-12)8-14-10-25-18(21-14)13-1-2-15-16(7-13)24-11-23-15;;/h1-3,7,10,19H,4-6,8-9,11H2,(H,20,22);2*1H. The Morgan fingerprint density at radius 1 is 1.26 bits per heavy atom. The van der Waals surface area contributed by atoms with Crippen LogP contribution in [0.3, 0.4) is 0 Å². The van der Waals surface area contributed by atoms with Crippen molar-refractivity contribution < 1.29 is 14.3 Å². The van der Waals surface area contributed by atoms with Crippen molar-refractivity contribution in [1.29, 1.82) is 0 Å². The average Bonchev–Trinajstić information content (AvgIpc) is 3.29. The Bertz CT molecular complexity index is 826. The van der Waals surface area contributed by atoms with E-state index >= 15 is 0 Å². The maximum absolute atomic E-state index is 12.1. The van der Waals surface area contributed by atoms with Gasteiger partial charge in [0.2, 0.25) is 12.7 Å².